The van der Waals surface area contributed by atoms with Crippen molar-refractivity contribution >= 4 is 50.9 Å². The number of amides is 3. The molecule has 0 bridgehead atoms. The van der Waals surface area contributed by atoms with Gasteiger partial charge >= 0.3 is 6.01 Å². The number of aliphatic hydroxyl groups is 1. The minimum absolute atomic E-state index is 0.00974. The fourth-order valence-electron chi connectivity index (χ4n) is 12.5. The highest BCUT2D eigenvalue weighted by Crippen LogP contribution is 2.49. The van der Waals surface area contributed by atoms with Crippen LogP contribution in [-0.4, -0.2) is 141 Å². The number of phenolic OH excluding ortho intramolecular Hbond substituents is 1. The molecule has 3 aromatic carbocycles. The van der Waals surface area contributed by atoms with Gasteiger partial charge in [-0.2, -0.15) is 9.97 Å². The van der Waals surface area contributed by atoms with Crippen molar-refractivity contribution in [2.24, 2.45) is 10.8 Å². The lowest BCUT2D eigenvalue weighted by Crippen LogP contribution is -2.65. The maximum Gasteiger partial charge on any atom is 0.319 e. The lowest BCUT2D eigenvalue weighted by molar-refractivity contribution is -0.136. The van der Waals surface area contributed by atoms with E-state index in [4.69, 9.17) is 9.72 Å². The number of carbonyl (C=O) groups excluding carboxylic acids is 3. The summed E-state index contributed by atoms with van der Waals surface area (Å²) in [5, 5.41) is 25.6. The Hall–Kier alpha value is -6.04. The Morgan fingerprint density at radius 1 is 0.914 bits per heavy atom. The first-order valence-corrected chi connectivity index (χ1v) is 25.1. The molecule has 8 heterocycles. The van der Waals surface area contributed by atoms with E-state index >= 15 is 8.78 Å². The molecule has 7 aliphatic rings. The Kier molecular flexibility index (Phi) is 10.8. The van der Waals surface area contributed by atoms with Crippen molar-refractivity contribution in [1.29, 1.82) is 0 Å². The van der Waals surface area contributed by atoms with Crippen LogP contribution in [0.5, 0.6) is 11.8 Å². The number of fused-ring (bicyclic) bond motifs is 3. The van der Waals surface area contributed by atoms with Crippen LogP contribution in [0.15, 0.2) is 48.7 Å². The molecular formula is C53H59F2N9O6. The number of hydrogen-bond acceptors (Lipinski definition) is 13. The summed E-state index contributed by atoms with van der Waals surface area (Å²) in [5.74, 6) is -1.61. The van der Waals surface area contributed by atoms with Crippen LogP contribution in [0.2, 0.25) is 0 Å². The number of ether oxygens (including phenoxy) is 1. The monoisotopic (exact) mass is 955 g/mol. The van der Waals surface area contributed by atoms with E-state index < -0.39 is 29.2 Å². The quantitative estimate of drug-likeness (QED) is 0.133. The third kappa shape index (κ3) is 7.97. The van der Waals surface area contributed by atoms with E-state index in [-0.39, 0.29) is 57.6 Å². The molecule has 1 spiro atoms. The Balaban J connectivity index is 0.684. The SMILES string of the molecule is CCc1c(F)ccc2cc(O)cc(-c3ncc4c(N5CCC[C@@](C)(O)C5)nc(OCC5(CN6CC(N7CCC8(CC7)CN(c7ccc9c(c7)CN(C7CCC(=O)NC7=O)C9=O)C8)C6)CC5)nc4c3F)c12. The second-order valence-electron chi connectivity index (χ2n) is 21.8. The molecule has 6 fully saturated rings. The van der Waals surface area contributed by atoms with Crippen molar-refractivity contribution in [2.45, 2.75) is 95.9 Å². The normalized spacial score (nSPS) is 24.6. The van der Waals surface area contributed by atoms with Crippen LogP contribution < -0.4 is 19.9 Å². The topological polar surface area (TPSA) is 168 Å². The van der Waals surface area contributed by atoms with Crippen molar-refractivity contribution in [3.05, 3.63) is 77.0 Å². The molecule has 2 atom stereocenters. The molecule has 2 aromatic heterocycles. The maximum absolute atomic E-state index is 17.1. The van der Waals surface area contributed by atoms with E-state index in [9.17, 15) is 24.6 Å². The van der Waals surface area contributed by atoms with Crippen LogP contribution in [0, 0.1) is 22.5 Å². The number of aromatic hydroxyl groups is 1. The summed E-state index contributed by atoms with van der Waals surface area (Å²) >= 11 is 0. The van der Waals surface area contributed by atoms with Gasteiger partial charge in [-0.15, -0.1) is 0 Å². The Morgan fingerprint density at radius 2 is 1.71 bits per heavy atom. The molecule has 0 radical (unpaired) electrons. The Labute approximate surface area is 404 Å². The summed E-state index contributed by atoms with van der Waals surface area (Å²) in [7, 11) is 0. The molecule has 3 amide bonds. The number of halogens is 2. The number of carbonyl (C=O) groups is 3. The van der Waals surface area contributed by atoms with Crippen LogP contribution in [0.25, 0.3) is 32.9 Å². The van der Waals surface area contributed by atoms with Gasteiger partial charge in [-0.3, -0.25) is 34.5 Å². The number of anilines is 2. The van der Waals surface area contributed by atoms with Crippen LogP contribution in [0.3, 0.4) is 0 Å². The van der Waals surface area contributed by atoms with Crippen molar-refractivity contribution in [3.8, 4) is 23.0 Å². The summed E-state index contributed by atoms with van der Waals surface area (Å²) < 4.78 is 38.7. The molecule has 5 saturated heterocycles. The predicted octanol–water partition coefficient (Wildman–Crippen LogP) is 5.95. The molecule has 5 aromatic rings. The second kappa shape index (κ2) is 16.8. The molecule has 3 N–H and O–H groups in total. The molecule has 1 unspecified atom stereocenters. The molecule has 366 valence electrons. The molecule has 1 aliphatic carbocycles. The van der Waals surface area contributed by atoms with Gasteiger partial charge in [0.15, 0.2) is 5.82 Å². The summed E-state index contributed by atoms with van der Waals surface area (Å²) in [5.41, 5.74) is 2.58. The van der Waals surface area contributed by atoms with Crippen LogP contribution in [-0.2, 0) is 22.6 Å². The summed E-state index contributed by atoms with van der Waals surface area (Å²) in [6.07, 6.45) is 8.14. The minimum atomic E-state index is -0.966. The summed E-state index contributed by atoms with van der Waals surface area (Å²) in [6, 6.07) is 11.9. The number of benzene rings is 3. The number of phenols is 1. The number of nitrogens with zero attached hydrogens (tertiary/aromatic N) is 8. The highest BCUT2D eigenvalue weighted by atomic mass is 19.1. The number of rotatable bonds is 11. The van der Waals surface area contributed by atoms with Gasteiger partial charge in [-0.25, -0.2) is 8.78 Å². The van der Waals surface area contributed by atoms with E-state index in [2.05, 4.69) is 36.1 Å². The van der Waals surface area contributed by atoms with E-state index in [0.29, 0.717) is 84.6 Å². The van der Waals surface area contributed by atoms with Gasteiger partial charge in [-0.1, -0.05) is 13.0 Å². The molecular weight excluding hydrogens is 897 g/mol. The number of piperidine rings is 3. The first kappa shape index (κ1) is 45.1. The van der Waals surface area contributed by atoms with Crippen molar-refractivity contribution in [1.82, 2.24) is 35.0 Å². The Bertz CT molecular complexity index is 2980. The fourth-order valence-corrected chi connectivity index (χ4v) is 12.5. The first-order chi connectivity index (χ1) is 33.7. The zero-order valence-corrected chi connectivity index (χ0v) is 39.8. The third-order valence-corrected chi connectivity index (χ3v) is 16.6. The zero-order chi connectivity index (χ0) is 48.3. The van der Waals surface area contributed by atoms with E-state index in [1.807, 2.05) is 24.0 Å². The number of aromatic nitrogens is 3. The molecule has 1 saturated carbocycles. The molecule has 17 heteroatoms. The number of β-amino-alcohol motifs (C(OH)–C–C–N with tert-alkyl or cyclic N) is 1. The molecule has 70 heavy (non-hydrogen) atoms. The van der Waals surface area contributed by atoms with E-state index in [1.54, 1.807) is 17.9 Å². The van der Waals surface area contributed by atoms with Crippen LogP contribution >= 0.6 is 0 Å². The fraction of sp³-hybridized carbons (Fsp3) is 0.509. The van der Waals surface area contributed by atoms with Gasteiger partial charge in [-0.05, 0) is 130 Å². The molecule has 12 rings (SSSR count). The number of imide groups is 1. The van der Waals surface area contributed by atoms with Gasteiger partial charge in [0, 0.05) is 98.7 Å². The number of aryl methyl sites for hydroxylation is 1. The van der Waals surface area contributed by atoms with E-state index in [1.165, 1.54) is 24.4 Å². The minimum Gasteiger partial charge on any atom is -0.508 e. The number of pyridine rings is 1. The molecule has 15 nitrogen and oxygen atoms in total. The van der Waals surface area contributed by atoms with Gasteiger partial charge in [0.05, 0.1) is 17.6 Å². The van der Waals surface area contributed by atoms with Crippen molar-refractivity contribution in [3.63, 3.8) is 0 Å². The average molecular weight is 956 g/mol. The molecule has 6 aliphatic heterocycles. The lowest BCUT2D eigenvalue weighted by Gasteiger charge is -2.57. The zero-order valence-electron chi connectivity index (χ0n) is 39.8. The number of nitrogens with one attached hydrogen (secondary N) is 1. The standard InChI is InChI=1S/C53H59F2N9O6/c1-3-36-40(54)8-5-31-20-35(65)21-38(43(31)36)45-44(55)46-39(22-56-45)47(62-16-4-11-51(2,69)26-62)59-50(58-46)70-30-53(12-13-53)27-60-24-34(25-60)61-17-14-52(15-18-61)28-63(29-52)33-6-7-37-32(19-33)23-64(49(37)68)41-9-10-42(66)57-48(41)67/h5-8,19-22,34,41,65,69H,3-4,9-18,23-30H2,1-2H3,(H,57,66,67)/t41?,51-/m1/s1. The van der Waals surface area contributed by atoms with Crippen LogP contribution in [0.4, 0.5) is 20.3 Å². The van der Waals surface area contributed by atoms with Crippen molar-refractivity contribution < 1.29 is 38.1 Å². The lowest BCUT2D eigenvalue weighted by atomic mass is 9.71. The predicted molar refractivity (Wildman–Crippen MR) is 259 cm³/mol. The van der Waals surface area contributed by atoms with Gasteiger partial charge in [0.25, 0.3) is 5.91 Å². The third-order valence-electron chi connectivity index (χ3n) is 16.6. The largest absolute Gasteiger partial charge is 0.508 e. The average Bonchev–Trinajstić information content (AvgIpc) is 4.01. The van der Waals surface area contributed by atoms with Gasteiger partial charge in [0.2, 0.25) is 11.8 Å². The highest BCUT2D eigenvalue weighted by Gasteiger charge is 2.50. The number of likely N-dealkylation sites (tertiary alicyclic amines) is 2. The Morgan fingerprint density at radius 3 is 2.46 bits per heavy atom. The summed E-state index contributed by atoms with van der Waals surface area (Å²) in [4.78, 5) is 62.7. The van der Waals surface area contributed by atoms with Gasteiger partial charge < -0.3 is 29.6 Å². The first-order valence-electron chi connectivity index (χ1n) is 25.1. The van der Waals surface area contributed by atoms with Gasteiger partial charge in [0.1, 0.15) is 34.6 Å². The smallest absolute Gasteiger partial charge is 0.319 e. The summed E-state index contributed by atoms with van der Waals surface area (Å²) in [6.45, 7) is 12.3. The van der Waals surface area contributed by atoms with Crippen molar-refractivity contribution in [2.75, 3.05) is 75.3 Å². The second-order valence-corrected chi connectivity index (χ2v) is 21.8. The van der Waals surface area contributed by atoms with Crippen LogP contribution in [0.1, 0.15) is 86.7 Å². The van der Waals surface area contributed by atoms with E-state index in [0.717, 1.165) is 89.2 Å². The maximum atomic E-state index is 17.1. The number of hydrogen-bond donors (Lipinski definition) is 3. The highest BCUT2D eigenvalue weighted by molar-refractivity contribution is 6.06.